The van der Waals surface area contributed by atoms with Crippen LogP contribution >= 0.6 is 23.5 Å². The predicted molar refractivity (Wildman–Crippen MR) is 123 cm³/mol. The topological polar surface area (TPSA) is 82.0 Å². The SMILES string of the molecule is CCc1ccc(NC(=O)CSC2=C(C#N)[C@H](c3ccc(SC)cc3)CC(=O)N2)cc1. The van der Waals surface area contributed by atoms with Gasteiger partial charge in [0.25, 0.3) is 0 Å². The van der Waals surface area contributed by atoms with E-state index in [1.807, 2.05) is 54.8 Å². The normalized spacial score (nSPS) is 16.0. The van der Waals surface area contributed by atoms with Crippen LogP contribution in [-0.4, -0.2) is 23.8 Å². The van der Waals surface area contributed by atoms with Gasteiger partial charge in [-0.15, -0.1) is 11.8 Å². The van der Waals surface area contributed by atoms with Crippen LogP contribution in [0.3, 0.4) is 0 Å². The van der Waals surface area contributed by atoms with Crippen molar-refractivity contribution in [2.45, 2.75) is 30.6 Å². The van der Waals surface area contributed by atoms with Gasteiger partial charge in [-0.1, -0.05) is 43.0 Å². The zero-order chi connectivity index (χ0) is 21.5. The Bertz CT molecular complexity index is 993. The molecule has 1 aliphatic heterocycles. The van der Waals surface area contributed by atoms with Gasteiger partial charge < -0.3 is 10.6 Å². The molecule has 0 saturated heterocycles. The van der Waals surface area contributed by atoms with Crippen molar-refractivity contribution in [1.82, 2.24) is 5.32 Å². The summed E-state index contributed by atoms with van der Waals surface area (Å²) in [6.45, 7) is 2.08. The maximum atomic E-state index is 12.4. The second-order valence-corrected chi connectivity index (χ2v) is 8.69. The van der Waals surface area contributed by atoms with Gasteiger partial charge in [-0.2, -0.15) is 5.26 Å². The Morgan fingerprint density at radius 2 is 1.90 bits per heavy atom. The smallest absolute Gasteiger partial charge is 0.234 e. The Balaban J connectivity index is 1.71. The number of hydrogen-bond acceptors (Lipinski definition) is 5. The molecule has 3 rings (SSSR count). The van der Waals surface area contributed by atoms with Gasteiger partial charge in [0.1, 0.15) is 0 Å². The molecule has 154 valence electrons. The first-order chi connectivity index (χ1) is 14.5. The van der Waals surface area contributed by atoms with E-state index in [-0.39, 0.29) is 29.9 Å². The van der Waals surface area contributed by atoms with Crippen molar-refractivity contribution in [1.29, 1.82) is 5.26 Å². The number of carbonyl (C=O) groups excluding carboxylic acids is 2. The molecule has 0 unspecified atom stereocenters. The third kappa shape index (κ3) is 5.47. The molecule has 1 atom stereocenters. The number of nitrogens with zero attached hydrogens (tertiary/aromatic N) is 1. The van der Waals surface area contributed by atoms with E-state index in [9.17, 15) is 14.9 Å². The monoisotopic (exact) mass is 437 g/mol. The van der Waals surface area contributed by atoms with Crippen molar-refractivity contribution < 1.29 is 9.59 Å². The first-order valence-corrected chi connectivity index (χ1v) is 11.8. The molecular weight excluding hydrogens is 414 g/mol. The van der Waals surface area contributed by atoms with Crippen LogP contribution in [-0.2, 0) is 16.0 Å². The van der Waals surface area contributed by atoms with Gasteiger partial charge >= 0.3 is 0 Å². The molecule has 0 aromatic heterocycles. The number of aryl methyl sites for hydroxylation is 1. The van der Waals surface area contributed by atoms with Crippen molar-refractivity contribution in [3.63, 3.8) is 0 Å². The molecule has 0 aliphatic carbocycles. The third-order valence-electron chi connectivity index (χ3n) is 4.87. The largest absolute Gasteiger partial charge is 0.325 e. The van der Waals surface area contributed by atoms with Gasteiger partial charge in [-0.05, 0) is 48.1 Å². The summed E-state index contributed by atoms with van der Waals surface area (Å²) < 4.78 is 0. The zero-order valence-corrected chi connectivity index (χ0v) is 18.5. The number of rotatable bonds is 7. The van der Waals surface area contributed by atoms with E-state index in [0.29, 0.717) is 10.6 Å². The molecule has 2 aromatic carbocycles. The minimum Gasteiger partial charge on any atom is -0.325 e. The van der Waals surface area contributed by atoms with Crippen LogP contribution < -0.4 is 10.6 Å². The van der Waals surface area contributed by atoms with Gasteiger partial charge in [0.05, 0.1) is 22.4 Å². The Kier molecular flexibility index (Phi) is 7.61. The van der Waals surface area contributed by atoms with Crippen LogP contribution in [0.2, 0.25) is 0 Å². The average molecular weight is 438 g/mol. The van der Waals surface area contributed by atoms with Crippen molar-refractivity contribution in [2.24, 2.45) is 0 Å². The van der Waals surface area contributed by atoms with E-state index in [2.05, 4.69) is 23.6 Å². The second kappa shape index (κ2) is 10.4. The molecule has 1 heterocycles. The van der Waals surface area contributed by atoms with E-state index >= 15 is 0 Å². The fourth-order valence-electron chi connectivity index (χ4n) is 3.21. The number of anilines is 1. The minimum absolute atomic E-state index is 0.106. The highest BCUT2D eigenvalue weighted by Crippen LogP contribution is 2.36. The van der Waals surface area contributed by atoms with Gasteiger partial charge in [0, 0.05) is 22.9 Å². The number of benzene rings is 2. The molecule has 0 saturated carbocycles. The molecule has 2 aromatic rings. The van der Waals surface area contributed by atoms with Crippen LogP contribution in [0.4, 0.5) is 5.69 Å². The Hall–Kier alpha value is -2.69. The van der Waals surface area contributed by atoms with E-state index in [1.54, 1.807) is 11.8 Å². The molecule has 30 heavy (non-hydrogen) atoms. The maximum Gasteiger partial charge on any atom is 0.234 e. The second-order valence-electron chi connectivity index (χ2n) is 6.82. The average Bonchev–Trinajstić information content (AvgIpc) is 2.78. The van der Waals surface area contributed by atoms with Crippen LogP contribution in [0.5, 0.6) is 0 Å². The Labute approximate surface area is 185 Å². The molecule has 2 amide bonds. The van der Waals surface area contributed by atoms with Crippen molar-refractivity contribution in [2.75, 3.05) is 17.3 Å². The summed E-state index contributed by atoms with van der Waals surface area (Å²) in [6, 6.07) is 17.9. The molecule has 7 heteroatoms. The highest BCUT2D eigenvalue weighted by molar-refractivity contribution is 8.03. The van der Waals surface area contributed by atoms with E-state index in [1.165, 1.54) is 17.3 Å². The number of nitriles is 1. The summed E-state index contributed by atoms with van der Waals surface area (Å²) in [4.78, 5) is 25.7. The maximum absolute atomic E-state index is 12.4. The fourth-order valence-corrected chi connectivity index (χ4v) is 4.50. The van der Waals surface area contributed by atoms with Gasteiger partial charge in [-0.3, -0.25) is 9.59 Å². The van der Waals surface area contributed by atoms with Crippen molar-refractivity contribution in [3.05, 3.63) is 70.3 Å². The third-order valence-corrected chi connectivity index (χ3v) is 6.63. The summed E-state index contributed by atoms with van der Waals surface area (Å²) in [5.74, 6) is -0.526. The number of nitrogens with one attached hydrogen (secondary N) is 2. The molecular formula is C23H23N3O2S2. The van der Waals surface area contributed by atoms with Crippen LogP contribution in [0.25, 0.3) is 0 Å². The van der Waals surface area contributed by atoms with E-state index in [4.69, 9.17) is 0 Å². The van der Waals surface area contributed by atoms with Gasteiger partial charge in [-0.25, -0.2) is 0 Å². The molecule has 2 N–H and O–H groups in total. The van der Waals surface area contributed by atoms with Crippen LogP contribution in [0.15, 0.2) is 64.0 Å². The number of thioether (sulfide) groups is 2. The van der Waals surface area contributed by atoms with Crippen LogP contribution in [0, 0.1) is 11.3 Å². The van der Waals surface area contributed by atoms with Crippen molar-refractivity contribution >= 4 is 41.0 Å². The number of allylic oxidation sites excluding steroid dienone is 1. The minimum atomic E-state index is -0.299. The molecule has 0 radical (unpaired) electrons. The number of amides is 2. The lowest BCUT2D eigenvalue weighted by Crippen LogP contribution is -2.31. The number of carbonyl (C=O) groups is 2. The highest BCUT2D eigenvalue weighted by Gasteiger charge is 2.29. The summed E-state index contributed by atoms with van der Waals surface area (Å²) in [5, 5.41) is 15.8. The van der Waals surface area contributed by atoms with Crippen molar-refractivity contribution in [3.8, 4) is 6.07 Å². The van der Waals surface area contributed by atoms with Gasteiger partial charge in [0.2, 0.25) is 11.8 Å². The lowest BCUT2D eigenvalue weighted by Gasteiger charge is -2.25. The molecule has 0 spiro atoms. The fraction of sp³-hybridized carbons (Fsp3) is 0.261. The van der Waals surface area contributed by atoms with E-state index < -0.39 is 0 Å². The predicted octanol–water partition coefficient (Wildman–Crippen LogP) is 4.68. The molecule has 0 fully saturated rings. The summed E-state index contributed by atoms with van der Waals surface area (Å²) in [5.41, 5.74) is 3.36. The van der Waals surface area contributed by atoms with E-state index in [0.717, 1.165) is 22.6 Å². The quantitative estimate of drug-likeness (QED) is 0.615. The summed E-state index contributed by atoms with van der Waals surface area (Å²) in [7, 11) is 0. The first kappa shape index (κ1) is 22.0. The number of hydrogen-bond donors (Lipinski definition) is 2. The van der Waals surface area contributed by atoms with Crippen LogP contribution in [0.1, 0.15) is 30.4 Å². The lowest BCUT2D eigenvalue weighted by molar-refractivity contribution is -0.121. The molecule has 0 bridgehead atoms. The molecule has 5 nitrogen and oxygen atoms in total. The Morgan fingerprint density at radius 1 is 1.20 bits per heavy atom. The Morgan fingerprint density at radius 3 is 2.50 bits per heavy atom. The lowest BCUT2D eigenvalue weighted by atomic mass is 9.87. The standard InChI is InChI=1S/C23H23N3O2S2/c1-3-15-4-8-17(9-5-15)25-22(28)14-30-23-20(13-24)19(12-21(27)26-23)16-6-10-18(29-2)11-7-16/h4-11,19H,3,12,14H2,1-2H3,(H,25,28)(H,26,27)/t19-/m0/s1. The summed E-state index contributed by atoms with van der Waals surface area (Å²) in [6.07, 6.45) is 3.17. The summed E-state index contributed by atoms with van der Waals surface area (Å²) >= 11 is 2.82. The zero-order valence-electron chi connectivity index (χ0n) is 16.9. The van der Waals surface area contributed by atoms with Gasteiger partial charge in [0.15, 0.2) is 0 Å². The first-order valence-electron chi connectivity index (χ1n) is 9.63. The molecule has 1 aliphatic rings. The highest BCUT2D eigenvalue weighted by atomic mass is 32.2.